The maximum absolute atomic E-state index is 12.9. The number of aromatic amines is 1. The van der Waals surface area contributed by atoms with Crippen molar-refractivity contribution in [2.75, 3.05) is 6.26 Å². The number of H-pyrrole nitrogens is 1. The first-order valence-electron chi connectivity index (χ1n) is 6.68. The number of benzene rings is 1. The summed E-state index contributed by atoms with van der Waals surface area (Å²) in [5.41, 5.74) is -0.657. The zero-order valence-electron chi connectivity index (χ0n) is 12.6. The van der Waals surface area contributed by atoms with Crippen LogP contribution in [0, 0.1) is 5.82 Å². The van der Waals surface area contributed by atoms with Gasteiger partial charge in [-0.2, -0.15) is 4.31 Å². The van der Waals surface area contributed by atoms with Crippen LogP contribution in [0.2, 0.25) is 0 Å². The minimum absolute atomic E-state index is 0.0832. The first-order chi connectivity index (χ1) is 11.1. The largest absolute Gasteiger partial charge is 0.477 e. The Balaban J connectivity index is 2.32. The molecule has 0 aliphatic carbocycles. The van der Waals surface area contributed by atoms with Crippen LogP contribution in [-0.4, -0.2) is 40.0 Å². The number of aromatic nitrogens is 2. The third-order valence-corrected chi connectivity index (χ3v) is 4.27. The average molecular weight is 355 g/mol. The van der Waals surface area contributed by atoms with Crippen LogP contribution >= 0.6 is 0 Å². The Morgan fingerprint density at radius 2 is 1.92 bits per heavy atom. The van der Waals surface area contributed by atoms with Crippen molar-refractivity contribution in [1.82, 2.24) is 14.3 Å². The fourth-order valence-corrected chi connectivity index (χ4v) is 2.68. The summed E-state index contributed by atoms with van der Waals surface area (Å²) in [6.45, 7) is -0.410. The van der Waals surface area contributed by atoms with Crippen LogP contribution in [0.15, 0.2) is 35.1 Å². The average Bonchev–Trinajstić information content (AvgIpc) is 2.47. The lowest BCUT2D eigenvalue weighted by atomic mass is 10.2. The molecule has 0 saturated heterocycles. The fraction of sp³-hybridized carbons (Fsp3) is 0.214. The van der Waals surface area contributed by atoms with Gasteiger partial charge >= 0.3 is 5.97 Å². The minimum atomic E-state index is -3.69. The van der Waals surface area contributed by atoms with Crippen molar-refractivity contribution in [3.05, 3.63) is 63.6 Å². The Kier molecular flexibility index (Phi) is 5.10. The molecule has 10 heteroatoms. The van der Waals surface area contributed by atoms with Gasteiger partial charge in [0.1, 0.15) is 11.6 Å². The van der Waals surface area contributed by atoms with Crippen LogP contribution in [-0.2, 0) is 23.1 Å². The Morgan fingerprint density at radius 1 is 1.29 bits per heavy atom. The van der Waals surface area contributed by atoms with Gasteiger partial charge in [-0.15, -0.1) is 0 Å². The Bertz CT molecular complexity index is 909. The summed E-state index contributed by atoms with van der Waals surface area (Å²) < 4.78 is 37.8. The topological polar surface area (TPSA) is 120 Å². The summed E-state index contributed by atoms with van der Waals surface area (Å²) in [5, 5.41) is 8.91. The number of halogens is 1. The van der Waals surface area contributed by atoms with Crippen molar-refractivity contribution >= 4 is 16.0 Å². The number of carbonyl (C=O) groups is 1. The standard InChI is InChI=1S/C14H14FN3O5S/c1-24(22,23)18(7-9-2-4-10(15)5-3-9)8-12-16-11(14(20)21)6-13(19)17-12/h2-6H,7-8H2,1H3,(H,20,21)(H,16,17,19). The van der Waals surface area contributed by atoms with E-state index in [9.17, 15) is 22.4 Å². The van der Waals surface area contributed by atoms with Gasteiger partial charge in [0, 0.05) is 12.6 Å². The van der Waals surface area contributed by atoms with E-state index in [1.165, 1.54) is 24.3 Å². The molecule has 0 amide bonds. The normalized spacial score (nSPS) is 11.6. The van der Waals surface area contributed by atoms with E-state index in [1.807, 2.05) is 0 Å². The maximum Gasteiger partial charge on any atom is 0.354 e. The molecule has 0 atom stereocenters. The van der Waals surface area contributed by atoms with Crippen molar-refractivity contribution < 1.29 is 22.7 Å². The number of hydrogen-bond acceptors (Lipinski definition) is 5. The summed E-state index contributed by atoms with van der Waals surface area (Å²) in [5.74, 6) is -1.95. The van der Waals surface area contributed by atoms with Crippen molar-refractivity contribution in [1.29, 1.82) is 0 Å². The Labute approximate surface area is 136 Å². The van der Waals surface area contributed by atoms with Gasteiger partial charge in [-0.05, 0) is 17.7 Å². The van der Waals surface area contributed by atoms with Crippen molar-refractivity contribution in [2.45, 2.75) is 13.1 Å². The van der Waals surface area contributed by atoms with Crippen LogP contribution in [0.25, 0.3) is 0 Å². The van der Waals surface area contributed by atoms with Crippen molar-refractivity contribution in [3.63, 3.8) is 0 Å². The monoisotopic (exact) mass is 355 g/mol. The van der Waals surface area contributed by atoms with Gasteiger partial charge in [0.25, 0.3) is 5.56 Å². The van der Waals surface area contributed by atoms with Gasteiger partial charge < -0.3 is 10.1 Å². The zero-order chi connectivity index (χ0) is 17.9. The molecule has 8 nitrogen and oxygen atoms in total. The third kappa shape index (κ3) is 4.70. The molecule has 2 rings (SSSR count). The summed E-state index contributed by atoms with van der Waals surface area (Å²) in [6.07, 6.45) is 0.968. The quantitative estimate of drug-likeness (QED) is 0.781. The van der Waals surface area contributed by atoms with Crippen molar-refractivity contribution in [3.8, 4) is 0 Å². The summed E-state index contributed by atoms with van der Waals surface area (Å²) in [7, 11) is -3.69. The predicted octanol–water partition coefficient (Wildman–Crippen LogP) is 0.569. The molecule has 2 N–H and O–H groups in total. The maximum atomic E-state index is 12.9. The van der Waals surface area contributed by atoms with E-state index < -0.39 is 33.1 Å². The third-order valence-electron chi connectivity index (χ3n) is 3.08. The van der Waals surface area contributed by atoms with Crippen LogP contribution in [0.4, 0.5) is 4.39 Å². The second-order valence-corrected chi connectivity index (χ2v) is 7.02. The highest BCUT2D eigenvalue weighted by molar-refractivity contribution is 7.88. The van der Waals surface area contributed by atoms with Gasteiger partial charge in [0.15, 0.2) is 5.69 Å². The van der Waals surface area contributed by atoms with Gasteiger partial charge in [0.2, 0.25) is 10.0 Å². The van der Waals surface area contributed by atoms with Gasteiger partial charge in [-0.3, -0.25) is 4.79 Å². The highest BCUT2D eigenvalue weighted by atomic mass is 32.2. The second-order valence-electron chi connectivity index (χ2n) is 5.04. The SMILES string of the molecule is CS(=O)(=O)N(Cc1ccc(F)cc1)Cc1nc(C(=O)O)cc(=O)[nH]1. The number of aromatic carboxylic acids is 1. The summed E-state index contributed by atoms with van der Waals surface area (Å²) >= 11 is 0. The van der Waals surface area contributed by atoms with E-state index in [1.54, 1.807) is 0 Å². The van der Waals surface area contributed by atoms with Gasteiger partial charge in [-0.25, -0.2) is 22.6 Å². The van der Waals surface area contributed by atoms with Crippen LogP contribution in [0.3, 0.4) is 0 Å². The predicted molar refractivity (Wildman–Crippen MR) is 82.3 cm³/mol. The first-order valence-corrected chi connectivity index (χ1v) is 8.53. The molecule has 0 aliphatic rings. The Hall–Kier alpha value is -2.59. The molecular formula is C14H14FN3O5S. The summed E-state index contributed by atoms with van der Waals surface area (Å²) in [6, 6.07) is 6.05. The molecule has 0 aliphatic heterocycles. The number of carboxylic acid groups (broad SMARTS) is 1. The van der Waals surface area contributed by atoms with E-state index in [0.717, 1.165) is 16.6 Å². The lowest BCUT2D eigenvalue weighted by Crippen LogP contribution is -2.31. The number of nitrogens with one attached hydrogen (secondary N) is 1. The molecule has 0 saturated carbocycles. The number of nitrogens with zero attached hydrogens (tertiary/aromatic N) is 2. The molecule has 24 heavy (non-hydrogen) atoms. The zero-order valence-corrected chi connectivity index (χ0v) is 13.4. The van der Waals surface area contributed by atoms with E-state index in [0.29, 0.717) is 5.56 Å². The smallest absolute Gasteiger partial charge is 0.354 e. The highest BCUT2D eigenvalue weighted by Gasteiger charge is 2.20. The number of carboxylic acids is 1. The van der Waals surface area contributed by atoms with Gasteiger partial charge in [0.05, 0.1) is 12.8 Å². The minimum Gasteiger partial charge on any atom is -0.477 e. The van der Waals surface area contributed by atoms with E-state index in [2.05, 4.69) is 9.97 Å². The molecule has 1 aromatic carbocycles. The van der Waals surface area contributed by atoms with E-state index in [-0.39, 0.29) is 18.9 Å². The Morgan fingerprint density at radius 3 is 2.46 bits per heavy atom. The molecule has 0 unspecified atom stereocenters. The molecule has 0 radical (unpaired) electrons. The van der Waals surface area contributed by atoms with Gasteiger partial charge in [-0.1, -0.05) is 12.1 Å². The van der Waals surface area contributed by atoms with Crippen LogP contribution in [0.1, 0.15) is 21.9 Å². The fourth-order valence-electron chi connectivity index (χ4n) is 1.94. The second kappa shape index (κ2) is 6.89. The van der Waals surface area contributed by atoms with Crippen molar-refractivity contribution in [2.24, 2.45) is 0 Å². The number of sulfonamides is 1. The lowest BCUT2D eigenvalue weighted by Gasteiger charge is -2.19. The number of hydrogen-bond donors (Lipinski definition) is 2. The molecular weight excluding hydrogens is 341 g/mol. The molecule has 1 aromatic heterocycles. The summed E-state index contributed by atoms with van der Waals surface area (Å²) in [4.78, 5) is 28.4. The molecule has 0 bridgehead atoms. The van der Waals surface area contributed by atoms with E-state index >= 15 is 0 Å². The molecule has 1 heterocycles. The molecule has 0 fully saturated rings. The highest BCUT2D eigenvalue weighted by Crippen LogP contribution is 2.12. The van der Waals surface area contributed by atoms with Crippen LogP contribution < -0.4 is 5.56 Å². The van der Waals surface area contributed by atoms with Crippen LogP contribution in [0.5, 0.6) is 0 Å². The molecule has 0 spiro atoms. The molecule has 128 valence electrons. The van der Waals surface area contributed by atoms with E-state index in [4.69, 9.17) is 5.11 Å². The number of rotatable bonds is 6. The first kappa shape index (κ1) is 17.8. The lowest BCUT2D eigenvalue weighted by molar-refractivity contribution is 0.0689. The molecule has 2 aromatic rings.